The maximum Gasteiger partial charge on any atom is 0.279 e. The average molecular weight is 370 g/mol. The molecule has 0 spiro atoms. The molecule has 0 saturated heterocycles. The highest BCUT2D eigenvalue weighted by molar-refractivity contribution is 8.13. The molecule has 0 fully saturated rings. The van der Waals surface area contributed by atoms with Gasteiger partial charge in [-0.3, -0.25) is 9.40 Å². The van der Waals surface area contributed by atoms with Crippen LogP contribution >= 0.6 is 22.3 Å². The second kappa shape index (κ2) is 5.48. The van der Waals surface area contributed by atoms with Crippen LogP contribution in [0.5, 0.6) is 0 Å². The topological polar surface area (TPSA) is 98.1 Å². The third-order valence-electron chi connectivity index (χ3n) is 2.52. The average Bonchev–Trinajstić information content (AvgIpc) is 2.77. The molecule has 0 saturated carbocycles. The van der Waals surface area contributed by atoms with Gasteiger partial charge in [0.2, 0.25) is 0 Å². The molecule has 0 aliphatic heterocycles. The summed E-state index contributed by atoms with van der Waals surface area (Å²) in [5, 5.41) is 3.60. The lowest BCUT2D eigenvalue weighted by Crippen LogP contribution is -2.17. The van der Waals surface area contributed by atoms with Crippen molar-refractivity contribution in [3.05, 3.63) is 35.5 Å². The molecule has 1 N–H and O–H groups in total. The van der Waals surface area contributed by atoms with Gasteiger partial charge in [-0.25, -0.2) is 8.42 Å². The fourth-order valence-corrected chi connectivity index (χ4v) is 3.89. The lowest BCUT2D eigenvalue weighted by Gasteiger charge is -2.10. The first-order valence-electron chi connectivity index (χ1n) is 5.36. The first-order chi connectivity index (χ1) is 9.61. The van der Waals surface area contributed by atoms with Crippen LogP contribution in [0, 0.1) is 0 Å². The van der Waals surface area contributed by atoms with E-state index >= 15 is 0 Å². The number of hydrogen-bond acceptors (Lipinski definition) is 5. The van der Waals surface area contributed by atoms with Gasteiger partial charge in [0.15, 0.2) is 5.03 Å². The number of halogens is 2. The molecule has 1 aromatic heterocycles. The SMILES string of the molecule is Cn1nccc1S(=O)(=O)Nc1ccc(S(=O)(=O)Cl)cc1Cl. The first kappa shape index (κ1) is 16.1. The molecule has 0 atom stereocenters. The molecule has 0 unspecified atom stereocenters. The Morgan fingerprint density at radius 1 is 1.19 bits per heavy atom. The molecule has 114 valence electrons. The molecule has 2 rings (SSSR count). The Hall–Kier alpha value is -1.29. The normalized spacial score (nSPS) is 12.3. The quantitative estimate of drug-likeness (QED) is 0.828. The zero-order valence-corrected chi connectivity index (χ0v) is 13.6. The van der Waals surface area contributed by atoms with Crippen LogP contribution in [0.2, 0.25) is 5.02 Å². The summed E-state index contributed by atoms with van der Waals surface area (Å²) in [5.74, 6) is 0. The van der Waals surface area contributed by atoms with Crippen molar-refractivity contribution < 1.29 is 16.8 Å². The van der Waals surface area contributed by atoms with Crippen LogP contribution in [-0.4, -0.2) is 26.6 Å². The summed E-state index contributed by atoms with van der Waals surface area (Å²) in [6, 6.07) is 4.74. The van der Waals surface area contributed by atoms with Gasteiger partial charge in [0.05, 0.1) is 21.8 Å². The minimum atomic E-state index is -3.94. The lowest BCUT2D eigenvalue weighted by molar-refractivity contribution is 0.582. The summed E-state index contributed by atoms with van der Waals surface area (Å²) < 4.78 is 50.0. The van der Waals surface area contributed by atoms with E-state index in [4.69, 9.17) is 22.3 Å². The fourth-order valence-electron chi connectivity index (χ4n) is 1.55. The van der Waals surface area contributed by atoms with Gasteiger partial charge in [0, 0.05) is 17.7 Å². The molecule has 7 nitrogen and oxygen atoms in total. The van der Waals surface area contributed by atoms with Crippen molar-refractivity contribution in [3.8, 4) is 0 Å². The van der Waals surface area contributed by atoms with E-state index in [2.05, 4.69) is 9.82 Å². The summed E-state index contributed by atoms with van der Waals surface area (Å²) in [6.45, 7) is 0. The zero-order valence-electron chi connectivity index (χ0n) is 10.5. The molecule has 11 heteroatoms. The zero-order chi connectivity index (χ0) is 15.8. The molecular weight excluding hydrogens is 361 g/mol. The van der Waals surface area contributed by atoms with Gasteiger partial charge in [-0.15, -0.1) is 0 Å². The van der Waals surface area contributed by atoms with Gasteiger partial charge in [0.1, 0.15) is 0 Å². The summed E-state index contributed by atoms with van der Waals surface area (Å²) in [5.41, 5.74) is 0.0296. The van der Waals surface area contributed by atoms with Crippen LogP contribution in [0.15, 0.2) is 40.4 Å². The predicted octanol–water partition coefficient (Wildman–Crippen LogP) is 1.80. The Balaban J connectivity index is 2.39. The first-order valence-corrected chi connectivity index (χ1v) is 9.53. The Morgan fingerprint density at radius 2 is 1.86 bits per heavy atom. The molecule has 0 bridgehead atoms. The fraction of sp³-hybridized carbons (Fsp3) is 0.100. The summed E-state index contributed by atoms with van der Waals surface area (Å²) in [4.78, 5) is -0.224. The number of anilines is 1. The molecule has 2 aromatic rings. The number of nitrogens with zero attached hydrogens (tertiary/aromatic N) is 2. The van der Waals surface area contributed by atoms with E-state index in [0.29, 0.717) is 0 Å². The van der Waals surface area contributed by atoms with Crippen LogP contribution in [-0.2, 0) is 26.1 Å². The van der Waals surface area contributed by atoms with E-state index in [9.17, 15) is 16.8 Å². The van der Waals surface area contributed by atoms with E-state index in [1.807, 2.05) is 0 Å². The summed E-state index contributed by atoms with van der Waals surface area (Å²) in [7, 11) is -1.17. The van der Waals surface area contributed by atoms with E-state index in [-0.39, 0.29) is 20.6 Å². The van der Waals surface area contributed by atoms with Crippen molar-refractivity contribution in [2.24, 2.45) is 7.05 Å². The van der Waals surface area contributed by atoms with E-state index < -0.39 is 19.1 Å². The summed E-state index contributed by atoms with van der Waals surface area (Å²) >= 11 is 5.87. The van der Waals surface area contributed by atoms with E-state index in [1.165, 1.54) is 30.1 Å². The smallest absolute Gasteiger partial charge is 0.277 e. The van der Waals surface area contributed by atoms with Gasteiger partial charge < -0.3 is 0 Å². The lowest BCUT2D eigenvalue weighted by atomic mass is 10.3. The number of sulfonamides is 1. The predicted molar refractivity (Wildman–Crippen MR) is 78.5 cm³/mol. The van der Waals surface area contributed by atoms with Crippen molar-refractivity contribution in [3.63, 3.8) is 0 Å². The van der Waals surface area contributed by atoms with Crippen LogP contribution in [0.4, 0.5) is 5.69 Å². The van der Waals surface area contributed by atoms with Crippen molar-refractivity contribution in [1.29, 1.82) is 0 Å². The second-order valence-electron chi connectivity index (χ2n) is 3.98. The number of aromatic nitrogens is 2. The minimum absolute atomic E-state index is 0.0296. The number of nitrogens with one attached hydrogen (secondary N) is 1. The van der Waals surface area contributed by atoms with Crippen LogP contribution in [0.25, 0.3) is 0 Å². The van der Waals surface area contributed by atoms with Gasteiger partial charge in [-0.05, 0) is 24.3 Å². The van der Waals surface area contributed by atoms with Crippen LogP contribution < -0.4 is 4.72 Å². The number of benzene rings is 1. The Bertz CT molecular complexity index is 891. The highest BCUT2D eigenvalue weighted by Crippen LogP contribution is 2.28. The monoisotopic (exact) mass is 369 g/mol. The van der Waals surface area contributed by atoms with Gasteiger partial charge >= 0.3 is 0 Å². The second-order valence-corrected chi connectivity index (χ2v) is 8.58. The molecule has 0 aliphatic carbocycles. The number of rotatable bonds is 4. The third-order valence-corrected chi connectivity index (χ3v) is 5.62. The molecule has 0 amide bonds. The highest BCUT2D eigenvalue weighted by atomic mass is 35.7. The van der Waals surface area contributed by atoms with Gasteiger partial charge in [-0.2, -0.15) is 13.5 Å². The van der Waals surface area contributed by atoms with Gasteiger partial charge in [0.25, 0.3) is 19.1 Å². The summed E-state index contributed by atoms with van der Waals surface area (Å²) in [6.07, 6.45) is 1.33. The van der Waals surface area contributed by atoms with Crippen molar-refractivity contribution in [1.82, 2.24) is 9.78 Å². The van der Waals surface area contributed by atoms with E-state index in [0.717, 1.165) is 12.1 Å². The Kier molecular flexibility index (Phi) is 4.20. The standard InChI is InChI=1S/C10H9Cl2N3O4S2/c1-15-10(4-5-13-15)21(18,19)14-9-3-2-7(6-8(9)11)20(12,16)17/h2-6,14H,1H3. The third kappa shape index (κ3) is 3.49. The van der Waals surface area contributed by atoms with Crippen LogP contribution in [0.1, 0.15) is 0 Å². The Labute approximate surface area is 131 Å². The largest absolute Gasteiger partial charge is 0.279 e. The molecule has 0 radical (unpaired) electrons. The van der Waals surface area contributed by atoms with E-state index in [1.54, 1.807) is 0 Å². The van der Waals surface area contributed by atoms with Gasteiger partial charge in [-0.1, -0.05) is 11.6 Å². The van der Waals surface area contributed by atoms with Crippen LogP contribution in [0.3, 0.4) is 0 Å². The van der Waals surface area contributed by atoms with Crippen molar-refractivity contribution in [2.75, 3.05) is 4.72 Å². The molecule has 0 aliphatic rings. The highest BCUT2D eigenvalue weighted by Gasteiger charge is 2.20. The molecule has 1 aromatic carbocycles. The maximum atomic E-state index is 12.1. The Morgan fingerprint density at radius 3 is 2.33 bits per heavy atom. The van der Waals surface area contributed by atoms with Crippen molar-refractivity contribution in [2.45, 2.75) is 9.92 Å². The number of aryl methyl sites for hydroxylation is 1. The molecule has 21 heavy (non-hydrogen) atoms. The van der Waals surface area contributed by atoms with Crippen molar-refractivity contribution >= 4 is 47.0 Å². The number of hydrogen-bond donors (Lipinski definition) is 1. The molecular formula is C10H9Cl2N3O4S2. The maximum absolute atomic E-state index is 12.1. The minimum Gasteiger partial charge on any atom is -0.277 e. The molecule has 1 heterocycles.